The molecule has 0 aliphatic heterocycles. The van der Waals surface area contributed by atoms with Gasteiger partial charge < -0.3 is 16.2 Å². The number of benzene rings is 1. The van der Waals surface area contributed by atoms with Gasteiger partial charge in [0.2, 0.25) is 0 Å². The molecular formula is C14H21FN2O. The summed E-state index contributed by atoms with van der Waals surface area (Å²) in [6.07, 6.45) is 5.54. The van der Waals surface area contributed by atoms with Gasteiger partial charge in [-0.2, -0.15) is 0 Å². The quantitative estimate of drug-likeness (QED) is 0.722. The normalized spacial score (nSPS) is 18.6. The van der Waals surface area contributed by atoms with E-state index in [0.717, 1.165) is 25.7 Å². The minimum absolute atomic E-state index is 0.0912. The Morgan fingerprint density at radius 3 is 2.61 bits per heavy atom. The predicted molar refractivity (Wildman–Crippen MR) is 71.9 cm³/mol. The summed E-state index contributed by atoms with van der Waals surface area (Å²) in [5.41, 5.74) is 6.30. The standard InChI is InChI=1S/C14H21FN2O/c15-12-8-11(16)4-5-13(12)17-9-14(10-18)6-2-1-3-7-14/h4-5,8,17-18H,1-3,6-7,9-10,16H2. The molecule has 1 aliphatic rings. The van der Waals surface area contributed by atoms with E-state index >= 15 is 0 Å². The van der Waals surface area contributed by atoms with E-state index in [1.807, 2.05) is 0 Å². The Labute approximate surface area is 107 Å². The summed E-state index contributed by atoms with van der Waals surface area (Å²) >= 11 is 0. The van der Waals surface area contributed by atoms with Crippen molar-refractivity contribution >= 4 is 11.4 Å². The Morgan fingerprint density at radius 2 is 2.00 bits per heavy atom. The van der Waals surface area contributed by atoms with E-state index in [9.17, 15) is 9.50 Å². The van der Waals surface area contributed by atoms with Crippen molar-refractivity contribution in [3.05, 3.63) is 24.0 Å². The van der Waals surface area contributed by atoms with Crippen LogP contribution in [0.25, 0.3) is 0 Å². The predicted octanol–water partition coefficient (Wildman–Crippen LogP) is 2.76. The molecule has 1 saturated carbocycles. The Balaban J connectivity index is 2.01. The molecule has 3 nitrogen and oxygen atoms in total. The van der Waals surface area contributed by atoms with Crippen LogP contribution in [0, 0.1) is 11.2 Å². The molecule has 2 rings (SSSR count). The molecule has 0 aromatic heterocycles. The lowest BCUT2D eigenvalue weighted by atomic mass is 9.74. The summed E-state index contributed by atoms with van der Waals surface area (Å²) in [5.74, 6) is -0.334. The number of nitrogens with one attached hydrogen (secondary N) is 1. The van der Waals surface area contributed by atoms with Gasteiger partial charge >= 0.3 is 0 Å². The van der Waals surface area contributed by atoms with Crippen LogP contribution in [0.15, 0.2) is 18.2 Å². The molecule has 4 N–H and O–H groups in total. The summed E-state index contributed by atoms with van der Waals surface area (Å²) in [6, 6.07) is 4.64. The van der Waals surface area contributed by atoms with Crippen LogP contribution in [-0.2, 0) is 0 Å². The monoisotopic (exact) mass is 252 g/mol. The van der Waals surface area contributed by atoms with Gasteiger partial charge in [-0.1, -0.05) is 19.3 Å². The SMILES string of the molecule is Nc1ccc(NCC2(CO)CCCCC2)c(F)c1. The van der Waals surface area contributed by atoms with E-state index in [-0.39, 0.29) is 17.8 Å². The summed E-state index contributed by atoms with van der Waals surface area (Å²) in [7, 11) is 0. The average Bonchev–Trinajstić information content (AvgIpc) is 2.39. The maximum atomic E-state index is 13.6. The first-order chi connectivity index (χ1) is 8.65. The number of aliphatic hydroxyl groups excluding tert-OH is 1. The van der Waals surface area contributed by atoms with Crippen LogP contribution < -0.4 is 11.1 Å². The van der Waals surface area contributed by atoms with Crippen LogP contribution in [0.2, 0.25) is 0 Å². The first-order valence-corrected chi connectivity index (χ1v) is 6.55. The molecule has 4 heteroatoms. The number of hydrogen-bond acceptors (Lipinski definition) is 3. The van der Waals surface area contributed by atoms with Crippen LogP contribution >= 0.6 is 0 Å². The highest BCUT2D eigenvalue weighted by Gasteiger charge is 2.31. The van der Waals surface area contributed by atoms with Gasteiger partial charge in [0.1, 0.15) is 5.82 Å². The van der Waals surface area contributed by atoms with Crippen molar-refractivity contribution in [2.24, 2.45) is 5.41 Å². The first-order valence-electron chi connectivity index (χ1n) is 6.55. The van der Waals surface area contributed by atoms with Crippen LogP contribution in [0.4, 0.5) is 15.8 Å². The van der Waals surface area contributed by atoms with Gasteiger partial charge in [-0.3, -0.25) is 0 Å². The van der Waals surface area contributed by atoms with Gasteiger partial charge in [-0.15, -0.1) is 0 Å². The fourth-order valence-corrected chi connectivity index (χ4v) is 2.65. The zero-order valence-electron chi connectivity index (χ0n) is 10.6. The van der Waals surface area contributed by atoms with E-state index in [1.165, 1.54) is 12.5 Å². The molecule has 100 valence electrons. The topological polar surface area (TPSA) is 58.3 Å². The van der Waals surface area contributed by atoms with Crippen LogP contribution in [-0.4, -0.2) is 18.3 Å². The average molecular weight is 252 g/mol. The molecule has 0 atom stereocenters. The molecule has 1 aliphatic carbocycles. The van der Waals surface area contributed by atoms with Gasteiger partial charge in [-0.05, 0) is 31.0 Å². The molecule has 0 heterocycles. The van der Waals surface area contributed by atoms with Gasteiger partial charge in [-0.25, -0.2) is 4.39 Å². The Hall–Kier alpha value is -1.29. The minimum Gasteiger partial charge on any atom is -0.399 e. The largest absolute Gasteiger partial charge is 0.399 e. The minimum atomic E-state index is -0.334. The van der Waals surface area contributed by atoms with Crippen molar-refractivity contribution < 1.29 is 9.50 Å². The summed E-state index contributed by atoms with van der Waals surface area (Å²) < 4.78 is 13.6. The van der Waals surface area contributed by atoms with E-state index in [0.29, 0.717) is 17.9 Å². The zero-order valence-corrected chi connectivity index (χ0v) is 10.6. The number of nitrogen functional groups attached to an aromatic ring is 1. The lowest BCUT2D eigenvalue weighted by Crippen LogP contribution is -2.35. The van der Waals surface area contributed by atoms with Gasteiger partial charge in [0.25, 0.3) is 0 Å². The lowest BCUT2D eigenvalue weighted by Gasteiger charge is -2.36. The number of anilines is 2. The third kappa shape index (κ3) is 2.93. The summed E-state index contributed by atoms with van der Waals surface area (Å²) in [4.78, 5) is 0. The van der Waals surface area contributed by atoms with Gasteiger partial charge in [0.05, 0.1) is 12.3 Å². The number of halogens is 1. The van der Waals surface area contributed by atoms with Crippen molar-refractivity contribution in [3.63, 3.8) is 0 Å². The molecule has 18 heavy (non-hydrogen) atoms. The van der Waals surface area contributed by atoms with E-state index in [1.54, 1.807) is 12.1 Å². The Kier molecular flexibility index (Phi) is 4.07. The molecule has 0 saturated heterocycles. The molecule has 1 fully saturated rings. The van der Waals surface area contributed by atoms with Gasteiger partial charge in [0, 0.05) is 17.6 Å². The van der Waals surface area contributed by atoms with Crippen molar-refractivity contribution in [2.45, 2.75) is 32.1 Å². The highest BCUT2D eigenvalue weighted by molar-refractivity contribution is 5.52. The van der Waals surface area contributed by atoms with Crippen LogP contribution in [0.5, 0.6) is 0 Å². The summed E-state index contributed by atoms with van der Waals surface area (Å²) in [5, 5.41) is 12.7. The second-order valence-corrected chi connectivity index (χ2v) is 5.31. The Bertz CT molecular complexity index is 403. The van der Waals surface area contributed by atoms with Crippen molar-refractivity contribution in [1.82, 2.24) is 0 Å². The fraction of sp³-hybridized carbons (Fsp3) is 0.571. The second kappa shape index (κ2) is 5.57. The Morgan fingerprint density at radius 1 is 1.28 bits per heavy atom. The first kappa shape index (κ1) is 13.1. The van der Waals surface area contributed by atoms with Crippen molar-refractivity contribution in [3.8, 4) is 0 Å². The number of rotatable bonds is 4. The molecule has 0 amide bonds. The van der Waals surface area contributed by atoms with Crippen molar-refractivity contribution in [2.75, 3.05) is 24.2 Å². The van der Waals surface area contributed by atoms with E-state index in [4.69, 9.17) is 5.73 Å². The van der Waals surface area contributed by atoms with E-state index < -0.39 is 0 Å². The van der Waals surface area contributed by atoms with Gasteiger partial charge in [0.15, 0.2) is 0 Å². The highest BCUT2D eigenvalue weighted by atomic mass is 19.1. The second-order valence-electron chi connectivity index (χ2n) is 5.31. The zero-order chi connectivity index (χ0) is 13.0. The van der Waals surface area contributed by atoms with Crippen molar-refractivity contribution in [1.29, 1.82) is 0 Å². The third-order valence-corrected chi connectivity index (χ3v) is 3.90. The van der Waals surface area contributed by atoms with E-state index in [2.05, 4.69) is 5.32 Å². The number of hydrogen-bond donors (Lipinski definition) is 3. The fourth-order valence-electron chi connectivity index (χ4n) is 2.65. The molecule has 0 bridgehead atoms. The number of aliphatic hydroxyl groups is 1. The molecule has 0 radical (unpaired) electrons. The molecule has 0 spiro atoms. The molecule has 1 aromatic rings. The molecule has 0 unspecified atom stereocenters. The molecule has 1 aromatic carbocycles. The highest BCUT2D eigenvalue weighted by Crippen LogP contribution is 2.36. The number of nitrogens with two attached hydrogens (primary N) is 1. The lowest BCUT2D eigenvalue weighted by molar-refractivity contribution is 0.0943. The van der Waals surface area contributed by atoms with Crippen LogP contribution in [0.3, 0.4) is 0 Å². The smallest absolute Gasteiger partial charge is 0.148 e. The van der Waals surface area contributed by atoms with Crippen LogP contribution in [0.1, 0.15) is 32.1 Å². The summed E-state index contributed by atoms with van der Waals surface area (Å²) in [6.45, 7) is 0.779. The third-order valence-electron chi connectivity index (χ3n) is 3.90. The molecular weight excluding hydrogens is 231 g/mol. The maximum Gasteiger partial charge on any atom is 0.148 e. The maximum absolute atomic E-state index is 13.6.